The smallest absolute Gasteiger partial charge is 0.405 e. The van der Waals surface area contributed by atoms with Gasteiger partial charge < -0.3 is 14.6 Å². The lowest BCUT2D eigenvalue weighted by atomic mass is 10.2. The van der Waals surface area contributed by atoms with Gasteiger partial charge in [0.1, 0.15) is 12.3 Å². The number of ether oxygens (including phenoxy) is 1. The molecule has 6 nitrogen and oxygen atoms in total. The van der Waals surface area contributed by atoms with E-state index >= 15 is 0 Å². The average molecular weight is 329 g/mol. The number of aryl methyl sites for hydroxylation is 1. The van der Waals surface area contributed by atoms with Gasteiger partial charge in [-0.15, -0.1) is 0 Å². The second-order valence-corrected chi connectivity index (χ2v) is 4.63. The van der Waals surface area contributed by atoms with Crippen LogP contribution in [0.3, 0.4) is 0 Å². The summed E-state index contributed by atoms with van der Waals surface area (Å²) in [5.74, 6) is 0.460. The van der Waals surface area contributed by atoms with Crippen LogP contribution < -0.4 is 10.1 Å². The van der Waals surface area contributed by atoms with E-state index in [1.165, 1.54) is 0 Å². The third-order valence-corrected chi connectivity index (χ3v) is 2.87. The van der Waals surface area contributed by atoms with E-state index in [4.69, 9.17) is 9.26 Å². The zero-order valence-electron chi connectivity index (χ0n) is 12.2. The van der Waals surface area contributed by atoms with Crippen molar-refractivity contribution in [3.8, 4) is 17.1 Å². The Kier molecular flexibility index (Phi) is 5.20. The summed E-state index contributed by atoms with van der Waals surface area (Å²) in [6.45, 7) is -1.35. The lowest BCUT2D eigenvalue weighted by Crippen LogP contribution is -2.33. The van der Waals surface area contributed by atoms with E-state index in [-0.39, 0.29) is 18.7 Å². The molecular formula is C14H14F3N3O3. The first-order chi connectivity index (χ1) is 10.9. The number of aromatic nitrogens is 2. The van der Waals surface area contributed by atoms with Crippen molar-refractivity contribution in [2.24, 2.45) is 0 Å². The van der Waals surface area contributed by atoms with Gasteiger partial charge in [-0.05, 0) is 24.3 Å². The first-order valence-electron chi connectivity index (χ1n) is 6.68. The minimum Gasteiger partial charge on any atom is -0.497 e. The van der Waals surface area contributed by atoms with Crippen molar-refractivity contribution >= 4 is 5.91 Å². The van der Waals surface area contributed by atoms with Crippen molar-refractivity contribution in [2.75, 3.05) is 13.7 Å². The van der Waals surface area contributed by atoms with Gasteiger partial charge in [-0.3, -0.25) is 4.79 Å². The number of halogens is 3. The highest BCUT2D eigenvalue weighted by Gasteiger charge is 2.27. The first kappa shape index (κ1) is 16.8. The van der Waals surface area contributed by atoms with Crippen LogP contribution in [-0.4, -0.2) is 35.9 Å². The number of hydrogen-bond donors (Lipinski definition) is 1. The molecule has 0 saturated carbocycles. The standard InChI is InChI=1S/C14H14F3N3O3/c1-22-10-4-2-9(3-5-10)13-19-12(23-20-13)7-6-11(21)18-8-14(15,16)17/h2-5H,6-8H2,1H3,(H,18,21). The summed E-state index contributed by atoms with van der Waals surface area (Å²) < 4.78 is 45.9. The number of carbonyl (C=O) groups excluding carboxylic acids is 1. The summed E-state index contributed by atoms with van der Waals surface area (Å²) in [4.78, 5) is 15.4. The fraction of sp³-hybridized carbons (Fsp3) is 0.357. The molecule has 0 bridgehead atoms. The highest BCUT2D eigenvalue weighted by molar-refractivity contribution is 5.76. The maximum atomic E-state index is 12.0. The fourth-order valence-electron chi connectivity index (χ4n) is 1.72. The van der Waals surface area contributed by atoms with E-state index in [0.717, 1.165) is 0 Å². The number of alkyl halides is 3. The van der Waals surface area contributed by atoms with Crippen LogP contribution in [0.25, 0.3) is 11.4 Å². The van der Waals surface area contributed by atoms with Gasteiger partial charge in [-0.25, -0.2) is 0 Å². The van der Waals surface area contributed by atoms with Crippen molar-refractivity contribution < 1.29 is 27.2 Å². The molecule has 2 rings (SSSR count). The van der Waals surface area contributed by atoms with Gasteiger partial charge in [0, 0.05) is 18.4 Å². The van der Waals surface area contributed by atoms with E-state index in [0.29, 0.717) is 17.1 Å². The number of benzene rings is 1. The topological polar surface area (TPSA) is 77.2 Å². The van der Waals surface area contributed by atoms with Crippen LogP contribution in [0.5, 0.6) is 5.75 Å². The van der Waals surface area contributed by atoms with Crippen molar-refractivity contribution in [3.05, 3.63) is 30.2 Å². The molecule has 2 aromatic rings. The van der Waals surface area contributed by atoms with Gasteiger partial charge in [0.2, 0.25) is 17.6 Å². The van der Waals surface area contributed by atoms with E-state index < -0.39 is 18.6 Å². The van der Waals surface area contributed by atoms with Gasteiger partial charge in [0.15, 0.2) is 0 Å². The monoisotopic (exact) mass is 329 g/mol. The maximum absolute atomic E-state index is 12.0. The SMILES string of the molecule is COc1ccc(-c2noc(CCC(=O)NCC(F)(F)F)n2)cc1. The van der Waals surface area contributed by atoms with Crippen molar-refractivity contribution in [1.82, 2.24) is 15.5 Å². The molecule has 9 heteroatoms. The van der Waals surface area contributed by atoms with E-state index in [2.05, 4.69) is 10.1 Å². The van der Waals surface area contributed by atoms with Gasteiger partial charge in [-0.1, -0.05) is 5.16 Å². The summed E-state index contributed by atoms with van der Waals surface area (Å²) >= 11 is 0. The molecule has 0 aliphatic heterocycles. The molecule has 0 atom stereocenters. The predicted octanol–water partition coefficient (Wildman–Crippen LogP) is 2.36. The first-order valence-corrected chi connectivity index (χ1v) is 6.68. The highest BCUT2D eigenvalue weighted by Crippen LogP contribution is 2.20. The molecule has 1 aromatic carbocycles. The molecule has 0 aliphatic rings. The van der Waals surface area contributed by atoms with Crippen LogP contribution in [0.2, 0.25) is 0 Å². The Morgan fingerprint density at radius 2 is 2.00 bits per heavy atom. The zero-order valence-corrected chi connectivity index (χ0v) is 12.2. The summed E-state index contributed by atoms with van der Waals surface area (Å²) in [6, 6.07) is 6.94. The quantitative estimate of drug-likeness (QED) is 0.880. The van der Waals surface area contributed by atoms with Crippen LogP contribution in [0, 0.1) is 0 Å². The molecule has 1 amide bonds. The zero-order chi connectivity index (χ0) is 16.9. The van der Waals surface area contributed by atoms with E-state index in [1.54, 1.807) is 36.7 Å². The highest BCUT2D eigenvalue weighted by atomic mass is 19.4. The summed E-state index contributed by atoms with van der Waals surface area (Å²) in [5.41, 5.74) is 0.697. The molecule has 0 aliphatic carbocycles. The minimum absolute atomic E-state index is 0.0623. The molecule has 0 unspecified atom stereocenters. The second kappa shape index (κ2) is 7.12. The molecule has 0 radical (unpaired) electrons. The van der Waals surface area contributed by atoms with Crippen molar-refractivity contribution in [1.29, 1.82) is 0 Å². The molecule has 1 heterocycles. The number of nitrogens with one attached hydrogen (secondary N) is 1. The Labute approximate surface area is 129 Å². The lowest BCUT2D eigenvalue weighted by Gasteiger charge is -2.07. The minimum atomic E-state index is -4.43. The summed E-state index contributed by atoms with van der Waals surface area (Å²) in [6.07, 6.45) is -4.53. The normalized spacial score (nSPS) is 11.3. The molecule has 1 N–H and O–H groups in total. The van der Waals surface area contributed by atoms with Crippen LogP contribution in [0.15, 0.2) is 28.8 Å². The summed E-state index contributed by atoms with van der Waals surface area (Å²) in [5, 5.41) is 5.54. The number of amides is 1. The van der Waals surface area contributed by atoms with Crippen LogP contribution in [-0.2, 0) is 11.2 Å². The summed E-state index contributed by atoms with van der Waals surface area (Å²) in [7, 11) is 1.55. The number of carbonyl (C=O) groups is 1. The predicted molar refractivity (Wildman–Crippen MR) is 73.7 cm³/mol. The average Bonchev–Trinajstić information content (AvgIpc) is 2.99. The van der Waals surface area contributed by atoms with E-state index in [1.807, 2.05) is 0 Å². The van der Waals surface area contributed by atoms with Crippen LogP contribution in [0.4, 0.5) is 13.2 Å². The number of methoxy groups -OCH3 is 1. The Balaban J connectivity index is 1.88. The molecular weight excluding hydrogens is 315 g/mol. The number of nitrogens with zero attached hydrogens (tertiary/aromatic N) is 2. The molecule has 0 spiro atoms. The molecule has 0 fully saturated rings. The van der Waals surface area contributed by atoms with Crippen LogP contribution >= 0.6 is 0 Å². The number of hydrogen-bond acceptors (Lipinski definition) is 5. The number of rotatable bonds is 6. The molecule has 23 heavy (non-hydrogen) atoms. The van der Waals surface area contributed by atoms with Gasteiger partial charge >= 0.3 is 6.18 Å². The Hall–Kier alpha value is -2.58. The fourth-order valence-corrected chi connectivity index (χ4v) is 1.72. The lowest BCUT2D eigenvalue weighted by molar-refractivity contribution is -0.138. The Morgan fingerprint density at radius 1 is 1.30 bits per heavy atom. The van der Waals surface area contributed by atoms with Crippen molar-refractivity contribution in [2.45, 2.75) is 19.0 Å². The molecule has 1 aromatic heterocycles. The van der Waals surface area contributed by atoms with Gasteiger partial charge in [0.05, 0.1) is 7.11 Å². The molecule has 0 saturated heterocycles. The van der Waals surface area contributed by atoms with Crippen LogP contribution in [0.1, 0.15) is 12.3 Å². The molecule has 124 valence electrons. The van der Waals surface area contributed by atoms with Crippen molar-refractivity contribution in [3.63, 3.8) is 0 Å². The Morgan fingerprint density at radius 3 is 2.61 bits per heavy atom. The third kappa shape index (κ3) is 5.28. The second-order valence-electron chi connectivity index (χ2n) is 4.63. The third-order valence-electron chi connectivity index (χ3n) is 2.87. The van der Waals surface area contributed by atoms with E-state index in [9.17, 15) is 18.0 Å². The maximum Gasteiger partial charge on any atom is 0.405 e. The largest absolute Gasteiger partial charge is 0.497 e. The Bertz CT molecular complexity index is 653. The van der Waals surface area contributed by atoms with Gasteiger partial charge in [0.25, 0.3) is 0 Å². The van der Waals surface area contributed by atoms with Gasteiger partial charge in [-0.2, -0.15) is 18.2 Å².